The van der Waals surface area contributed by atoms with Crippen LogP contribution in [0.3, 0.4) is 0 Å². The molecule has 0 radical (unpaired) electrons. The summed E-state index contributed by atoms with van der Waals surface area (Å²) in [5.41, 5.74) is 10.5. The topological polar surface area (TPSA) is 56.7 Å². The van der Waals surface area contributed by atoms with E-state index < -0.39 is 0 Å². The molecule has 0 spiro atoms. The van der Waals surface area contributed by atoms with Crippen LogP contribution in [0, 0.1) is 0 Å². The van der Waals surface area contributed by atoms with Gasteiger partial charge < -0.3 is 8.98 Å². The Morgan fingerprint density at radius 2 is 0.825 bits per heavy atom. The summed E-state index contributed by atoms with van der Waals surface area (Å²) in [7, 11) is 0. The van der Waals surface area contributed by atoms with Crippen molar-refractivity contribution < 1.29 is 4.42 Å². The van der Waals surface area contributed by atoms with Gasteiger partial charge in [-0.1, -0.05) is 127 Å². The number of nitrogens with zero attached hydrogens (tertiary/aromatic N) is 4. The van der Waals surface area contributed by atoms with Crippen molar-refractivity contribution in [2.24, 2.45) is 0 Å². The number of aromatic nitrogens is 4. The third-order valence-electron chi connectivity index (χ3n) is 11.1. The molecule has 8 aromatic carbocycles. The van der Waals surface area contributed by atoms with Gasteiger partial charge in [-0.25, -0.2) is 15.0 Å². The van der Waals surface area contributed by atoms with Crippen molar-refractivity contribution in [3.63, 3.8) is 0 Å². The summed E-state index contributed by atoms with van der Waals surface area (Å²) in [5.74, 6) is 1.97. The maximum atomic E-state index is 6.39. The molecule has 0 aliphatic carbocycles. The first-order chi connectivity index (χ1) is 28.2. The van der Waals surface area contributed by atoms with Gasteiger partial charge in [0, 0.05) is 64.1 Å². The lowest BCUT2D eigenvalue weighted by Crippen LogP contribution is -1.99. The molecule has 6 heteroatoms. The van der Waals surface area contributed by atoms with Crippen LogP contribution in [0.15, 0.2) is 186 Å². The molecule has 0 N–H and O–H groups in total. The van der Waals surface area contributed by atoms with E-state index in [1.54, 1.807) is 11.3 Å². The lowest BCUT2D eigenvalue weighted by Gasteiger charge is -2.08. The second kappa shape index (κ2) is 12.6. The van der Waals surface area contributed by atoms with Crippen molar-refractivity contribution in [1.82, 2.24) is 19.5 Å². The van der Waals surface area contributed by atoms with Gasteiger partial charge >= 0.3 is 0 Å². The Labute approximate surface area is 330 Å². The van der Waals surface area contributed by atoms with Crippen molar-refractivity contribution >= 4 is 75.3 Å². The normalized spacial score (nSPS) is 11.9. The predicted octanol–water partition coefficient (Wildman–Crippen LogP) is 13.9. The molecule has 5 nitrogen and oxygen atoms in total. The molecule has 4 heterocycles. The van der Waals surface area contributed by atoms with Crippen LogP contribution in [0.4, 0.5) is 0 Å². The summed E-state index contributed by atoms with van der Waals surface area (Å²) in [6.45, 7) is 0. The first kappa shape index (κ1) is 31.9. The van der Waals surface area contributed by atoms with Crippen molar-refractivity contribution in [3.8, 4) is 51.0 Å². The fraction of sp³-hybridized carbons (Fsp3) is 0. The largest absolute Gasteiger partial charge is 0.456 e. The number of para-hydroxylation sites is 2. The Bertz CT molecular complexity index is 3420. The number of hydrogen-bond donors (Lipinski definition) is 0. The minimum atomic E-state index is 0.657. The highest BCUT2D eigenvalue weighted by Crippen LogP contribution is 2.41. The second-order valence-electron chi connectivity index (χ2n) is 14.4. The smallest absolute Gasteiger partial charge is 0.164 e. The molecule has 0 saturated heterocycles. The Kier molecular flexibility index (Phi) is 7.03. The zero-order chi connectivity index (χ0) is 37.5. The van der Waals surface area contributed by atoms with Crippen LogP contribution in [0.2, 0.25) is 0 Å². The zero-order valence-electron chi connectivity index (χ0n) is 30.4. The molecule has 0 bridgehead atoms. The number of furan rings is 1. The van der Waals surface area contributed by atoms with E-state index in [0.29, 0.717) is 17.5 Å². The number of fused-ring (bicyclic) bond motifs is 9. The number of thiophene rings is 1. The molecular formula is C51H30N4OS. The van der Waals surface area contributed by atoms with Crippen LogP contribution in [0.5, 0.6) is 0 Å². The van der Waals surface area contributed by atoms with Crippen LogP contribution in [-0.2, 0) is 0 Å². The Morgan fingerprint density at radius 3 is 1.46 bits per heavy atom. The van der Waals surface area contributed by atoms with Gasteiger partial charge in [-0.3, -0.25) is 0 Å². The molecule has 12 rings (SSSR count). The molecule has 0 amide bonds. The lowest BCUT2D eigenvalue weighted by atomic mass is 10.0. The average molecular weight is 747 g/mol. The maximum Gasteiger partial charge on any atom is 0.164 e. The quantitative estimate of drug-likeness (QED) is 0.176. The molecule has 0 aliphatic rings. The lowest BCUT2D eigenvalue weighted by molar-refractivity contribution is 0.669. The van der Waals surface area contributed by atoms with E-state index in [1.807, 2.05) is 60.7 Å². The van der Waals surface area contributed by atoms with Gasteiger partial charge in [0.05, 0.1) is 11.0 Å². The Morgan fingerprint density at radius 1 is 0.351 bits per heavy atom. The summed E-state index contributed by atoms with van der Waals surface area (Å²) in [6.07, 6.45) is 0. The summed E-state index contributed by atoms with van der Waals surface area (Å²) in [5, 5.41) is 7.17. The number of benzene rings is 8. The fourth-order valence-electron chi connectivity index (χ4n) is 8.32. The van der Waals surface area contributed by atoms with Gasteiger partial charge in [-0.05, 0) is 65.7 Å². The van der Waals surface area contributed by atoms with Crippen LogP contribution in [0.1, 0.15) is 0 Å². The molecule has 4 aromatic heterocycles. The minimum Gasteiger partial charge on any atom is -0.456 e. The van der Waals surface area contributed by atoms with Crippen molar-refractivity contribution in [3.05, 3.63) is 182 Å². The van der Waals surface area contributed by atoms with E-state index in [1.165, 1.54) is 47.5 Å². The number of rotatable bonds is 5. The first-order valence-electron chi connectivity index (χ1n) is 19.0. The van der Waals surface area contributed by atoms with E-state index in [4.69, 9.17) is 19.4 Å². The van der Waals surface area contributed by atoms with Crippen LogP contribution < -0.4 is 0 Å². The molecule has 266 valence electrons. The Balaban J connectivity index is 0.944. The highest BCUT2D eigenvalue weighted by Gasteiger charge is 2.17. The van der Waals surface area contributed by atoms with E-state index in [9.17, 15) is 0 Å². The zero-order valence-corrected chi connectivity index (χ0v) is 31.2. The van der Waals surface area contributed by atoms with E-state index >= 15 is 0 Å². The second-order valence-corrected chi connectivity index (χ2v) is 15.5. The molecule has 57 heavy (non-hydrogen) atoms. The molecule has 0 aliphatic heterocycles. The van der Waals surface area contributed by atoms with Gasteiger partial charge in [-0.2, -0.15) is 0 Å². The molecule has 0 fully saturated rings. The van der Waals surface area contributed by atoms with Crippen molar-refractivity contribution in [1.29, 1.82) is 0 Å². The summed E-state index contributed by atoms with van der Waals surface area (Å²) in [4.78, 5) is 14.8. The van der Waals surface area contributed by atoms with Gasteiger partial charge in [0.2, 0.25) is 0 Å². The van der Waals surface area contributed by atoms with Gasteiger partial charge in [-0.15, -0.1) is 11.3 Å². The molecule has 12 aromatic rings. The SMILES string of the molecule is c1ccc(-c2nc(-c3ccccc3)nc(-c3ccc4c(c3)sc3cc(-c5ccc6oc7ccc(-n8c9ccccc9c9ccccc98)cc7c6c5)ccc34)n2)cc1. The maximum absolute atomic E-state index is 6.39. The van der Waals surface area contributed by atoms with Crippen molar-refractivity contribution in [2.75, 3.05) is 0 Å². The van der Waals surface area contributed by atoms with E-state index in [-0.39, 0.29) is 0 Å². The highest BCUT2D eigenvalue weighted by molar-refractivity contribution is 7.25. The van der Waals surface area contributed by atoms with Crippen LogP contribution >= 0.6 is 11.3 Å². The van der Waals surface area contributed by atoms with Gasteiger partial charge in [0.15, 0.2) is 17.5 Å². The van der Waals surface area contributed by atoms with Crippen LogP contribution in [0.25, 0.3) is 115 Å². The highest BCUT2D eigenvalue weighted by atomic mass is 32.1. The minimum absolute atomic E-state index is 0.657. The molecule has 0 atom stereocenters. The van der Waals surface area contributed by atoms with E-state index in [2.05, 4.69) is 126 Å². The van der Waals surface area contributed by atoms with Gasteiger partial charge in [0.25, 0.3) is 0 Å². The standard InChI is InChI=1S/C51H30N4OS/c1-3-11-31(12-4-1)49-52-50(32-13-5-2-6-14-32)54-51(53-49)35-20-24-40-39-23-19-34(28-47(39)57-48(40)29-35)33-21-25-45-41(27-33)42-30-36(22-26-46(42)56-45)55-43-17-9-7-15-37(43)38-16-8-10-18-44(38)55/h1-30H. The molecule has 0 unspecified atom stereocenters. The third-order valence-corrected chi connectivity index (χ3v) is 12.2. The molecular weight excluding hydrogens is 717 g/mol. The summed E-state index contributed by atoms with van der Waals surface area (Å²) >= 11 is 1.80. The van der Waals surface area contributed by atoms with E-state index in [0.717, 1.165) is 49.9 Å². The first-order valence-corrected chi connectivity index (χ1v) is 19.8. The van der Waals surface area contributed by atoms with Gasteiger partial charge in [0.1, 0.15) is 11.2 Å². The van der Waals surface area contributed by atoms with Crippen LogP contribution in [-0.4, -0.2) is 19.5 Å². The fourth-order valence-corrected chi connectivity index (χ4v) is 9.50. The predicted molar refractivity (Wildman–Crippen MR) is 236 cm³/mol. The average Bonchev–Trinajstić information content (AvgIpc) is 3.95. The molecule has 0 saturated carbocycles. The van der Waals surface area contributed by atoms with Crippen molar-refractivity contribution in [2.45, 2.75) is 0 Å². The monoisotopic (exact) mass is 746 g/mol. The number of hydrogen-bond acceptors (Lipinski definition) is 5. The Hall–Kier alpha value is -7.41. The summed E-state index contributed by atoms with van der Waals surface area (Å²) < 4.78 is 11.2. The summed E-state index contributed by atoms with van der Waals surface area (Å²) in [6, 6.07) is 63.9. The third kappa shape index (κ3) is 5.19.